The normalized spacial score (nSPS) is 9.80. The lowest BCUT2D eigenvalue weighted by molar-refractivity contribution is 0.273. The molecule has 10 heavy (non-hydrogen) atoms. The van der Waals surface area contributed by atoms with E-state index in [0.717, 1.165) is 6.07 Å². The summed E-state index contributed by atoms with van der Waals surface area (Å²) in [6, 6.07) is 1.09. The second-order valence-electron chi connectivity index (χ2n) is 1.79. The summed E-state index contributed by atoms with van der Waals surface area (Å²) in [5, 5.41) is 8.44. The van der Waals surface area contributed by atoms with Gasteiger partial charge in [0.1, 0.15) is 5.82 Å². The van der Waals surface area contributed by atoms with Crippen LogP contribution in [0.15, 0.2) is 17.1 Å². The van der Waals surface area contributed by atoms with E-state index in [-0.39, 0.29) is 5.56 Å². The van der Waals surface area contributed by atoms with Crippen LogP contribution in [-0.2, 0) is 6.61 Å². The molecule has 1 rings (SSSR count). The average molecular weight is 143 g/mol. The predicted molar refractivity (Wildman–Crippen MR) is 32.9 cm³/mol. The molecule has 1 aromatic heterocycles. The first-order valence-electron chi connectivity index (χ1n) is 2.72. The third-order valence-electron chi connectivity index (χ3n) is 1.16. The van der Waals surface area contributed by atoms with Crippen LogP contribution in [0.1, 0.15) is 5.56 Å². The summed E-state index contributed by atoms with van der Waals surface area (Å²) in [6.45, 7) is -0.567. The summed E-state index contributed by atoms with van der Waals surface area (Å²) in [4.78, 5) is 12.9. The van der Waals surface area contributed by atoms with Crippen LogP contribution in [0.2, 0.25) is 0 Å². The zero-order valence-electron chi connectivity index (χ0n) is 5.10. The van der Waals surface area contributed by atoms with E-state index >= 15 is 0 Å². The molecule has 4 heteroatoms. The number of aliphatic hydroxyl groups is 1. The lowest BCUT2D eigenvalue weighted by Crippen LogP contribution is -2.13. The molecule has 0 bridgehead atoms. The van der Waals surface area contributed by atoms with Gasteiger partial charge in [0.2, 0.25) is 0 Å². The van der Waals surface area contributed by atoms with Gasteiger partial charge >= 0.3 is 0 Å². The highest BCUT2D eigenvalue weighted by atomic mass is 19.1. The number of aliphatic hydroxyl groups excluding tert-OH is 1. The number of pyridine rings is 1. The van der Waals surface area contributed by atoms with Crippen molar-refractivity contribution in [2.75, 3.05) is 0 Å². The van der Waals surface area contributed by atoms with Gasteiger partial charge in [0, 0.05) is 6.20 Å². The second kappa shape index (κ2) is 2.62. The van der Waals surface area contributed by atoms with Crippen molar-refractivity contribution in [1.82, 2.24) is 4.98 Å². The highest BCUT2D eigenvalue weighted by Crippen LogP contribution is 1.97. The van der Waals surface area contributed by atoms with Crippen molar-refractivity contribution < 1.29 is 9.50 Å². The van der Waals surface area contributed by atoms with Crippen molar-refractivity contribution in [2.45, 2.75) is 6.61 Å². The van der Waals surface area contributed by atoms with Crippen molar-refractivity contribution >= 4 is 0 Å². The van der Waals surface area contributed by atoms with Gasteiger partial charge in [0.25, 0.3) is 5.56 Å². The van der Waals surface area contributed by atoms with E-state index in [1.165, 1.54) is 6.20 Å². The molecule has 0 amide bonds. The Morgan fingerprint density at radius 2 is 2.40 bits per heavy atom. The minimum absolute atomic E-state index is 0.220. The molecule has 2 N–H and O–H groups in total. The first kappa shape index (κ1) is 6.95. The second-order valence-corrected chi connectivity index (χ2v) is 1.79. The maximum Gasteiger partial charge on any atom is 0.256 e. The largest absolute Gasteiger partial charge is 0.391 e. The summed E-state index contributed by atoms with van der Waals surface area (Å²) in [5.41, 5.74) is -0.801. The van der Waals surface area contributed by atoms with Crippen LogP contribution in [-0.4, -0.2) is 10.1 Å². The van der Waals surface area contributed by atoms with Gasteiger partial charge in [-0.15, -0.1) is 0 Å². The maximum absolute atomic E-state index is 12.5. The van der Waals surface area contributed by atoms with Crippen LogP contribution >= 0.6 is 0 Å². The Balaban J connectivity index is 3.31. The summed E-state index contributed by atoms with van der Waals surface area (Å²) >= 11 is 0. The standard InChI is InChI=1S/C6H6FNO2/c7-5-1-2-8-6(10)4(5)3-9/h1-2,9H,3H2,(H,8,10). The molecule has 0 aliphatic carbocycles. The van der Waals surface area contributed by atoms with Crippen molar-refractivity contribution in [2.24, 2.45) is 0 Å². The van der Waals surface area contributed by atoms with E-state index in [1.54, 1.807) is 0 Å². The first-order chi connectivity index (χ1) is 4.75. The number of nitrogens with one attached hydrogen (secondary N) is 1. The fourth-order valence-corrected chi connectivity index (χ4v) is 0.634. The van der Waals surface area contributed by atoms with Crippen LogP contribution in [0, 0.1) is 5.82 Å². The number of hydrogen-bond acceptors (Lipinski definition) is 2. The highest BCUT2D eigenvalue weighted by Gasteiger charge is 2.02. The van der Waals surface area contributed by atoms with Crippen molar-refractivity contribution in [1.29, 1.82) is 0 Å². The van der Waals surface area contributed by atoms with Crippen molar-refractivity contribution in [3.8, 4) is 0 Å². The SMILES string of the molecule is O=c1[nH]ccc(F)c1CO. The first-order valence-corrected chi connectivity index (χ1v) is 2.72. The van der Waals surface area contributed by atoms with Crippen molar-refractivity contribution in [3.05, 3.63) is 34.0 Å². The average Bonchev–Trinajstić information content (AvgIpc) is 1.88. The van der Waals surface area contributed by atoms with Crippen LogP contribution in [0.3, 0.4) is 0 Å². The fraction of sp³-hybridized carbons (Fsp3) is 0.167. The van der Waals surface area contributed by atoms with Crippen LogP contribution in [0.25, 0.3) is 0 Å². The Labute approximate surface area is 56.1 Å². The molecule has 0 aliphatic heterocycles. The van der Waals surface area contributed by atoms with Crippen LogP contribution < -0.4 is 5.56 Å². The monoisotopic (exact) mass is 143 g/mol. The zero-order chi connectivity index (χ0) is 7.56. The molecule has 1 heterocycles. The third kappa shape index (κ3) is 1.06. The van der Waals surface area contributed by atoms with Gasteiger partial charge in [0.05, 0.1) is 12.2 Å². The van der Waals surface area contributed by atoms with Gasteiger partial charge in [-0.05, 0) is 6.07 Å². The minimum Gasteiger partial charge on any atom is -0.391 e. The van der Waals surface area contributed by atoms with E-state index in [4.69, 9.17) is 5.11 Å². The maximum atomic E-state index is 12.5. The van der Waals surface area contributed by atoms with Gasteiger partial charge in [-0.3, -0.25) is 4.79 Å². The van der Waals surface area contributed by atoms with E-state index in [2.05, 4.69) is 4.98 Å². The predicted octanol–water partition coefficient (Wildman–Crippen LogP) is 0.00630. The number of hydrogen-bond donors (Lipinski definition) is 2. The summed E-state index contributed by atoms with van der Waals surface area (Å²) in [5.74, 6) is -0.675. The number of H-pyrrole nitrogens is 1. The summed E-state index contributed by atoms with van der Waals surface area (Å²) in [7, 11) is 0. The highest BCUT2D eigenvalue weighted by molar-refractivity contribution is 5.10. The molecule has 0 saturated heterocycles. The molecule has 54 valence electrons. The zero-order valence-corrected chi connectivity index (χ0v) is 5.10. The topological polar surface area (TPSA) is 53.1 Å². The Morgan fingerprint density at radius 3 is 2.80 bits per heavy atom. The van der Waals surface area contributed by atoms with Crippen molar-refractivity contribution in [3.63, 3.8) is 0 Å². The molecule has 0 fully saturated rings. The quantitative estimate of drug-likeness (QED) is 0.581. The minimum atomic E-state index is -0.675. The fourth-order valence-electron chi connectivity index (χ4n) is 0.634. The van der Waals surface area contributed by atoms with Crippen LogP contribution in [0.4, 0.5) is 4.39 Å². The van der Waals surface area contributed by atoms with Gasteiger partial charge < -0.3 is 10.1 Å². The van der Waals surface area contributed by atoms with Gasteiger partial charge in [-0.1, -0.05) is 0 Å². The molecule has 1 aromatic rings. The number of aromatic amines is 1. The number of halogens is 1. The van der Waals surface area contributed by atoms with Gasteiger partial charge in [-0.25, -0.2) is 4.39 Å². The Hall–Kier alpha value is -1.16. The Kier molecular flexibility index (Phi) is 1.82. The summed E-state index contributed by atoms with van der Waals surface area (Å²) in [6.07, 6.45) is 1.19. The van der Waals surface area contributed by atoms with Gasteiger partial charge in [0.15, 0.2) is 0 Å². The van der Waals surface area contributed by atoms with E-state index < -0.39 is 18.0 Å². The molecule has 0 saturated carbocycles. The van der Waals surface area contributed by atoms with Crippen LogP contribution in [0.5, 0.6) is 0 Å². The van der Waals surface area contributed by atoms with E-state index in [9.17, 15) is 9.18 Å². The molecular weight excluding hydrogens is 137 g/mol. The van der Waals surface area contributed by atoms with E-state index in [1.807, 2.05) is 0 Å². The third-order valence-corrected chi connectivity index (χ3v) is 1.16. The summed E-state index contributed by atoms with van der Waals surface area (Å²) < 4.78 is 12.5. The smallest absolute Gasteiger partial charge is 0.256 e. The van der Waals surface area contributed by atoms with E-state index in [0.29, 0.717) is 0 Å². The molecular formula is C6H6FNO2. The lowest BCUT2D eigenvalue weighted by atomic mass is 10.3. The number of aromatic nitrogens is 1. The molecule has 0 aromatic carbocycles. The molecule has 0 radical (unpaired) electrons. The molecule has 0 aliphatic rings. The molecule has 0 atom stereocenters. The Bertz CT molecular complexity index is 281. The lowest BCUT2D eigenvalue weighted by Gasteiger charge is -1.93. The molecule has 3 nitrogen and oxygen atoms in total. The molecule has 0 spiro atoms. The molecule has 0 unspecified atom stereocenters. The van der Waals surface area contributed by atoms with Gasteiger partial charge in [-0.2, -0.15) is 0 Å². The Morgan fingerprint density at radius 1 is 1.70 bits per heavy atom. The number of rotatable bonds is 1.